The summed E-state index contributed by atoms with van der Waals surface area (Å²) >= 11 is 0. The number of benzene rings is 1. The lowest BCUT2D eigenvalue weighted by atomic mass is 10.1. The molecule has 2 aromatic rings. The van der Waals surface area contributed by atoms with Gasteiger partial charge in [-0.1, -0.05) is 18.2 Å². The van der Waals surface area contributed by atoms with E-state index in [-0.39, 0.29) is 18.2 Å². The van der Waals surface area contributed by atoms with Crippen molar-refractivity contribution in [2.75, 3.05) is 6.54 Å². The number of nitrogens with two attached hydrogens (primary N) is 1. The highest BCUT2D eigenvalue weighted by Crippen LogP contribution is 2.18. The van der Waals surface area contributed by atoms with Gasteiger partial charge in [0.1, 0.15) is 5.78 Å². The number of hydrogen-bond donors (Lipinski definition) is 3. The molecule has 0 aliphatic carbocycles. The summed E-state index contributed by atoms with van der Waals surface area (Å²) in [7, 11) is 0. The van der Waals surface area contributed by atoms with Gasteiger partial charge in [-0.2, -0.15) is 0 Å². The molecule has 5 nitrogen and oxygen atoms in total. The zero-order valence-corrected chi connectivity index (χ0v) is 10.8. The lowest BCUT2D eigenvalue weighted by Crippen LogP contribution is -2.43. The highest BCUT2D eigenvalue weighted by atomic mass is 16.2. The quantitative estimate of drug-likeness (QED) is 0.740. The number of fused-ring (bicyclic) bond motifs is 1. The minimum atomic E-state index is -0.654. The molecular weight excluding hydrogens is 242 g/mol. The van der Waals surface area contributed by atoms with E-state index in [1.54, 1.807) is 0 Å². The van der Waals surface area contributed by atoms with Crippen LogP contribution in [0, 0.1) is 0 Å². The van der Waals surface area contributed by atoms with E-state index in [1.165, 1.54) is 6.92 Å². The van der Waals surface area contributed by atoms with Crippen LogP contribution in [0.4, 0.5) is 0 Å². The van der Waals surface area contributed by atoms with Gasteiger partial charge in [-0.15, -0.1) is 0 Å². The van der Waals surface area contributed by atoms with Gasteiger partial charge in [0.25, 0.3) is 0 Å². The number of para-hydroxylation sites is 1. The third-order valence-corrected chi connectivity index (χ3v) is 2.96. The number of aromatic nitrogens is 1. The summed E-state index contributed by atoms with van der Waals surface area (Å²) in [6, 6.07) is 7.20. The second kappa shape index (κ2) is 5.67. The Kier molecular flexibility index (Phi) is 3.97. The molecular formula is C14H17N3O2. The Bertz CT molecular complexity index is 604. The summed E-state index contributed by atoms with van der Waals surface area (Å²) in [5, 5.41) is 3.59. The van der Waals surface area contributed by atoms with Crippen LogP contribution in [0.25, 0.3) is 10.9 Å². The van der Waals surface area contributed by atoms with E-state index in [1.807, 2.05) is 30.5 Å². The minimum Gasteiger partial charge on any atom is -0.361 e. The van der Waals surface area contributed by atoms with Crippen LogP contribution in [0.3, 0.4) is 0 Å². The number of aromatic amines is 1. The fourth-order valence-corrected chi connectivity index (χ4v) is 1.97. The van der Waals surface area contributed by atoms with Gasteiger partial charge in [-0.3, -0.25) is 9.59 Å². The summed E-state index contributed by atoms with van der Waals surface area (Å²) in [6.45, 7) is 1.45. The van der Waals surface area contributed by atoms with Crippen LogP contribution in [0.1, 0.15) is 12.5 Å². The van der Waals surface area contributed by atoms with Gasteiger partial charge in [0.15, 0.2) is 0 Å². The molecule has 1 aromatic carbocycles. The molecule has 1 amide bonds. The van der Waals surface area contributed by atoms with Crippen LogP contribution in [-0.4, -0.2) is 29.3 Å². The summed E-state index contributed by atoms with van der Waals surface area (Å²) in [6.07, 6.45) is 2.30. The fourth-order valence-electron chi connectivity index (χ4n) is 1.97. The standard InChI is InChI=1S/C14H17N3O2/c1-9(18)7-17-14(19)12(15)6-10-8-16-13-5-3-2-4-11(10)13/h2-5,8,12,16H,6-7,15H2,1H3,(H,17,19)/t12-/m1/s1. The second-order valence-electron chi connectivity index (χ2n) is 4.59. The van der Waals surface area contributed by atoms with Crippen molar-refractivity contribution in [2.45, 2.75) is 19.4 Å². The minimum absolute atomic E-state index is 0.0282. The molecule has 0 aliphatic heterocycles. The predicted octanol–water partition coefficient (Wildman–Crippen LogP) is 0.743. The van der Waals surface area contributed by atoms with Crippen LogP contribution in [0.5, 0.6) is 0 Å². The van der Waals surface area contributed by atoms with E-state index in [0.29, 0.717) is 6.42 Å². The van der Waals surface area contributed by atoms with Gasteiger partial charge < -0.3 is 16.0 Å². The number of carbonyl (C=O) groups is 2. The SMILES string of the molecule is CC(=O)CNC(=O)[C@H](N)Cc1c[nH]c2ccccc12. The van der Waals surface area contributed by atoms with Gasteiger partial charge in [0.05, 0.1) is 12.6 Å². The highest BCUT2D eigenvalue weighted by Gasteiger charge is 2.16. The van der Waals surface area contributed by atoms with E-state index >= 15 is 0 Å². The van der Waals surface area contributed by atoms with Crippen molar-refractivity contribution >= 4 is 22.6 Å². The molecule has 0 radical (unpaired) electrons. The van der Waals surface area contributed by atoms with Gasteiger partial charge in [0, 0.05) is 17.1 Å². The summed E-state index contributed by atoms with van der Waals surface area (Å²) in [5.41, 5.74) is 7.87. The van der Waals surface area contributed by atoms with E-state index in [2.05, 4.69) is 10.3 Å². The van der Waals surface area contributed by atoms with Crippen molar-refractivity contribution in [1.82, 2.24) is 10.3 Å². The van der Waals surface area contributed by atoms with Crippen molar-refractivity contribution in [3.63, 3.8) is 0 Å². The van der Waals surface area contributed by atoms with E-state index < -0.39 is 6.04 Å². The predicted molar refractivity (Wildman–Crippen MR) is 73.7 cm³/mol. The summed E-state index contributed by atoms with van der Waals surface area (Å²) < 4.78 is 0. The molecule has 19 heavy (non-hydrogen) atoms. The van der Waals surface area contributed by atoms with Crippen molar-refractivity contribution in [3.8, 4) is 0 Å². The number of ketones is 1. The second-order valence-corrected chi connectivity index (χ2v) is 4.59. The summed E-state index contributed by atoms with van der Waals surface area (Å²) in [5.74, 6) is -0.395. The smallest absolute Gasteiger partial charge is 0.237 e. The van der Waals surface area contributed by atoms with Crippen LogP contribution in [0.15, 0.2) is 30.5 Å². The molecule has 4 N–H and O–H groups in total. The fraction of sp³-hybridized carbons (Fsp3) is 0.286. The van der Waals surface area contributed by atoms with Gasteiger partial charge in [0.2, 0.25) is 5.91 Å². The lowest BCUT2D eigenvalue weighted by Gasteiger charge is -2.10. The van der Waals surface area contributed by atoms with Crippen LogP contribution in [0.2, 0.25) is 0 Å². The number of rotatable bonds is 5. The number of amides is 1. The molecule has 1 atom stereocenters. The molecule has 1 aromatic heterocycles. The largest absolute Gasteiger partial charge is 0.361 e. The first-order valence-corrected chi connectivity index (χ1v) is 6.15. The number of nitrogens with one attached hydrogen (secondary N) is 2. The first kappa shape index (κ1) is 13.3. The molecule has 0 saturated heterocycles. The molecule has 0 unspecified atom stereocenters. The third-order valence-electron chi connectivity index (χ3n) is 2.96. The van der Waals surface area contributed by atoms with Crippen LogP contribution in [-0.2, 0) is 16.0 Å². The Balaban J connectivity index is 2.04. The molecule has 100 valence electrons. The maximum absolute atomic E-state index is 11.7. The third kappa shape index (κ3) is 3.20. The molecule has 5 heteroatoms. The molecule has 0 bridgehead atoms. The van der Waals surface area contributed by atoms with Crippen molar-refractivity contribution in [2.24, 2.45) is 5.73 Å². The van der Waals surface area contributed by atoms with Gasteiger partial charge >= 0.3 is 0 Å². The number of hydrogen-bond acceptors (Lipinski definition) is 3. The molecule has 0 saturated carbocycles. The number of H-pyrrole nitrogens is 1. The topological polar surface area (TPSA) is 88.0 Å². The van der Waals surface area contributed by atoms with E-state index in [4.69, 9.17) is 5.73 Å². The van der Waals surface area contributed by atoms with Crippen LogP contribution >= 0.6 is 0 Å². The number of carbonyl (C=O) groups excluding carboxylic acids is 2. The first-order chi connectivity index (χ1) is 9.08. The maximum atomic E-state index is 11.7. The molecule has 0 fully saturated rings. The first-order valence-electron chi connectivity index (χ1n) is 6.15. The monoisotopic (exact) mass is 259 g/mol. The maximum Gasteiger partial charge on any atom is 0.237 e. The average molecular weight is 259 g/mol. The Hall–Kier alpha value is -2.14. The Morgan fingerprint density at radius 2 is 2.11 bits per heavy atom. The van der Waals surface area contributed by atoms with Gasteiger partial charge in [-0.25, -0.2) is 0 Å². The lowest BCUT2D eigenvalue weighted by molar-refractivity contribution is -0.125. The van der Waals surface area contributed by atoms with Crippen LogP contribution < -0.4 is 11.1 Å². The van der Waals surface area contributed by atoms with Crippen molar-refractivity contribution in [3.05, 3.63) is 36.0 Å². The molecule has 2 rings (SSSR count). The Labute approximate surface area is 111 Å². The molecule has 1 heterocycles. The van der Waals surface area contributed by atoms with Crippen molar-refractivity contribution < 1.29 is 9.59 Å². The highest BCUT2D eigenvalue weighted by molar-refractivity contribution is 5.88. The number of Topliss-reactive ketones (excluding diaryl/α,β-unsaturated/α-hetero) is 1. The molecule has 0 spiro atoms. The zero-order valence-electron chi connectivity index (χ0n) is 10.8. The Morgan fingerprint density at radius 1 is 1.37 bits per heavy atom. The average Bonchev–Trinajstić information content (AvgIpc) is 2.79. The summed E-state index contributed by atoms with van der Waals surface area (Å²) in [4.78, 5) is 25.7. The normalized spacial score (nSPS) is 12.3. The molecule has 0 aliphatic rings. The van der Waals surface area contributed by atoms with Gasteiger partial charge in [-0.05, 0) is 25.0 Å². The van der Waals surface area contributed by atoms with Crippen molar-refractivity contribution in [1.29, 1.82) is 0 Å². The zero-order chi connectivity index (χ0) is 13.8. The Morgan fingerprint density at radius 3 is 2.84 bits per heavy atom. The van der Waals surface area contributed by atoms with E-state index in [0.717, 1.165) is 16.5 Å². The van der Waals surface area contributed by atoms with E-state index in [9.17, 15) is 9.59 Å².